The molecule has 0 amide bonds. The van der Waals surface area contributed by atoms with E-state index in [1.807, 2.05) is 0 Å². The summed E-state index contributed by atoms with van der Waals surface area (Å²) in [7, 11) is 1.18. The van der Waals surface area contributed by atoms with Gasteiger partial charge < -0.3 is 10.5 Å². The zero-order valence-electron chi connectivity index (χ0n) is 11.7. The highest BCUT2D eigenvalue weighted by molar-refractivity contribution is 5.70. The number of benzene rings is 1. The molecular formula is C14H17F4NO2. The summed E-state index contributed by atoms with van der Waals surface area (Å²) in [5.74, 6) is -2.60. The van der Waals surface area contributed by atoms with Crippen LogP contribution in [0.2, 0.25) is 0 Å². The Morgan fingerprint density at radius 1 is 1.38 bits per heavy atom. The van der Waals surface area contributed by atoms with Gasteiger partial charge in [0, 0.05) is 12.0 Å². The average molecular weight is 307 g/mol. The van der Waals surface area contributed by atoms with Crippen LogP contribution in [-0.4, -0.2) is 19.1 Å². The van der Waals surface area contributed by atoms with Crippen LogP contribution >= 0.6 is 0 Å². The number of nitrogens with two attached hydrogens (primary N) is 1. The highest BCUT2D eigenvalue weighted by Gasteiger charge is 2.35. The molecular weight excluding hydrogens is 290 g/mol. The van der Waals surface area contributed by atoms with Crippen LogP contribution in [0.4, 0.5) is 17.6 Å². The van der Waals surface area contributed by atoms with Gasteiger partial charge in [-0.15, -0.1) is 0 Å². The van der Waals surface area contributed by atoms with E-state index in [1.54, 1.807) is 6.92 Å². The van der Waals surface area contributed by atoms with Gasteiger partial charge in [0.15, 0.2) is 0 Å². The van der Waals surface area contributed by atoms with Crippen molar-refractivity contribution in [2.24, 2.45) is 5.73 Å². The molecule has 0 aliphatic heterocycles. The number of halogens is 4. The predicted molar refractivity (Wildman–Crippen MR) is 69.0 cm³/mol. The quantitative estimate of drug-likeness (QED) is 0.671. The fourth-order valence-corrected chi connectivity index (χ4v) is 2.05. The smallest absolute Gasteiger partial charge is 0.419 e. The number of carbonyl (C=O) groups is 1. The normalized spacial score (nSPS) is 14.6. The van der Waals surface area contributed by atoms with Crippen LogP contribution in [0.3, 0.4) is 0 Å². The summed E-state index contributed by atoms with van der Waals surface area (Å²) in [6.45, 7) is 1.75. The molecule has 2 atom stereocenters. The van der Waals surface area contributed by atoms with Gasteiger partial charge in [0.25, 0.3) is 0 Å². The van der Waals surface area contributed by atoms with E-state index in [0.29, 0.717) is 12.5 Å². The molecule has 0 aromatic heterocycles. The first-order valence-electron chi connectivity index (χ1n) is 6.39. The Hall–Kier alpha value is -1.63. The Labute approximate surface area is 120 Å². The second-order valence-corrected chi connectivity index (χ2v) is 4.70. The Balaban J connectivity index is 3.22. The molecule has 0 radical (unpaired) electrons. The average Bonchev–Trinajstić information content (AvgIpc) is 2.43. The topological polar surface area (TPSA) is 52.3 Å². The minimum Gasteiger partial charge on any atom is -0.469 e. The highest BCUT2D eigenvalue weighted by Crippen LogP contribution is 2.34. The van der Waals surface area contributed by atoms with Gasteiger partial charge in [-0.3, -0.25) is 4.79 Å². The molecule has 0 saturated carbocycles. The molecule has 0 bridgehead atoms. The lowest BCUT2D eigenvalue weighted by molar-refractivity contribution is -0.141. The van der Waals surface area contributed by atoms with E-state index in [2.05, 4.69) is 4.74 Å². The Kier molecular flexibility index (Phi) is 5.71. The number of hydrogen-bond donors (Lipinski definition) is 1. The summed E-state index contributed by atoms with van der Waals surface area (Å²) in [6.07, 6.45) is -4.50. The third-order valence-electron chi connectivity index (χ3n) is 3.33. The number of carbonyl (C=O) groups excluding carboxylic acids is 1. The number of esters is 1. The number of hydrogen-bond acceptors (Lipinski definition) is 3. The largest absolute Gasteiger partial charge is 0.469 e. The van der Waals surface area contributed by atoms with Gasteiger partial charge in [0.05, 0.1) is 19.1 Å². The van der Waals surface area contributed by atoms with Gasteiger partial charge >= 0.3 is 12.1 Å². The SMILES string of the molecule is CCC(N)C(CC(=O)OC)c1ccc(F)c(C(F)(F)F)c1. The molecule has 1 rings (SSSR count). The maximum atomic E-state index is 13.3. The van der Waals surface area contributed by atoms with E-state index in [9.17, 15) is 22.4 Å². The van der Waals surface area contributed by atoms with Gasteiger partial charge in [-0.1, -0.05) is 13.0 Å². The van der Waals surface area contributed by atoms with E-state index in [0.717, 1.165) is 6.07 Å². The zero-order chi connectivity index (χ0) is 16.2. The van der Waals surface area contributed by atoms with Crippen molar-refractivity contribution in [1.82, 2.24) is 0 Å². The monoisotopic (exact) mass is 307 g/mol. The summed E-state index contributed by atoms with van der Waals surface area (Å²) in [6, 6.07) is 2.13. The first kappa shape index (κ1) is 17.4. The van der Waals surface area contributed by atoms with Crippen molar-refractivity contribution < 1.29 is 27.1 Å². The van der Waals surface area contributed by atoms with E-state index < -0.39 is 35.5 Å². The number of ether oxygens (including phenoxy) is 1. The van der Waals surface area contributed by atoms with Crippen molar-refractivity contribution in [2.45, 2.75) is 37.9 Å². The second kappa shape index (κ2) is 6.89. The predicted octanol–water partition coefficient (Wildman–Crippen LogP) is 3.23. The molecule has 0 saturated heterocycles. The fourth-order valence-electron chi connectivity index (χ4n) is 2.05. The maximum absolute atomic E-state index is 13.3. The summed E-state index contributed by atoms with van der Waals surface area (Å²) in [5, 5.41) is 0. The third kappa shape index (κ3) is 4.42. The summed E-state index contributed by atoms with van der Waals surface area (Å²) in [5.41, 5.74) is 4.67. The molecule has 21 heavy (non-hydrogen) atoms. The van der Waals surface area contributed by atoms with E-state index >= 15 is 0 Å². The lowest BCUT2D eigenvalue weighted by atomic mass is 9.86. The number of alkyl halides is 3. The minimum absolute atomic E-state index is 0.158. The molecule has 0 spiro atoms. The molecule has 1 aromatic rings. The lowest BCUT2D eigenvalue weighted by Crippen LogP contribution is -2.30. The Bertz CT molecular complexity index is 502. The molecule has 2 N–H and O–H groups in total. The minimum atomic E-state index is -4.80. The first-order valence-corrected chi connectivity index (χ1v) is 6.39. The van der Waals surface area contributed by atoms with Gasteiger partial charge in [-0.2, -0.15) is 13.2 Å². The van der Waals surface area contributed by atoms with Crippen molar-refractivity contribution in [3.8, 4) is 0 Å². The molecule has 0 aliphatic carbocycles. The zero-order valence-corrected chi connectivity index (χ0v) is 11.7. The van der Waals surface area contributed by atoms with Crippen LogP contribution in [0, 0.1) is 5.82 Å². The summed E-state index contributed by atoms with van der Waals surface area (Å²) >= 11 is 0. The van der Waals surface area contributed by atoms with Crippen molar-refractivity contribution in [2.75, 3.05) is 7.11 Å². The molecule has 7 heteroatoms. The Morgan fingerprint density at radius 3 is 2.48 bits per heavy atom. The van der Waals surface area contributed by atoms with Crippen molar-refractivity contribution >= 4 is 5.97 Å². The van der Waals surface area contributed by atoms with Crippen molar-refractivity contribution in [3.05, 3.63) is 35.1 Å². The second-order valence-electron chi connectivity index (χ2n) is 4.70. The molecule has 0 fully saturated rings. The first-order chi connectivity index (χ1) is 9.70. The van der Waals surface area contributed by atoms with Crippen LogP contribution in [0.5, 0.6) is 0 Å². The standard InChI is InChI=1S/C14H17F4NO2/c1-3-12(19)9(7-13(20)21-2)8-4-5-11(15)10(6-8)14(16,17)18/h4-6,9,12H,3,7,19H2,1-2H3. The van der Waals surface area contributed by atoms with Crippen LogP contribution in [0.15, 0.2) is 18.2 Å². The lowest BCUT2D eigenvalue weighted by Gasteiger charge is -2.23. The van der Waals surface area contributed by atoms with Crippen molar-refractivity contribution in [3.63, 3.8) is 0 Å². The Morgan fingerprint density at radius 2 is 2.00 bits per heavy atom. The van der Waals surface area contributed by atoms with Gasteiger partial charge in [0.2, 0.25) is 0 Å². The van der Waals surface area contributed by atoms with E-state index in [4.69, 9.17) is 5.73 Å². The van der Waals surface area contributed by atoms with E-state index in [1.165, 1.54) is 13.2 Å². The van der Waals surface area contributed by atoms with Gasteiger partial charge in [0.1, 0.15) is 5.82 Å². The molecule has 0 aliphatic rings. The number of methoxy groups -OCH3 is 1. The third-order valence-corrected chi connectivity index (χ3v) is 3.33. The molecule has 3 nitrogen and oxygen atoms in total. The summed E-state index contributed by atoms with van der Waals surface area (Å²) < 4.78 is 56.0. The molecule has 0 heterocycles. The van der Waals surface area contributed by atoms with Crippen molar-refractivity contribution in [1.29, 1.82) is 0 Å². The van der Waals surface area contributed by atoms with Crippen LogP contribution < -0.4 is 5.73 Å². The molecule has 2 unspecified atom stereocenters. The maximum Gasteiger partial charge on any atom is 0.419 e. The van der Waals surface area contributed by atoms with Gasteiger partial charge in [-0.05, 0) is 24.1 Å². The van der Waals surface area contributed by atoms with Crippen LogP contribution in [0.25, 0.3) is 0 Å². The fraction of sp³-hybridized carbons (Fsp3) is 0.500. The van der Waals surface area contributed by atoms with E-state index in [-0.39, 0.29) is 12.0 Å². The highest BCUT2D eigenvalue weighted by atomic mass is 19.4. The molecule has 118 valence electrons. The van der Waals surface area contributed by atoms with Crippen LogP contribution in [0.1, 0.15) is 36.8 Å². The molecule has 1 aromatic carbocycles. The summed E-state index contributed by atoms with van der Waals surface area (Å²) in [4.78, 5) is 11.4. The number of rotatable bonds is 5. The van der Waals surface area contributed by atoms with Crippen LogP contribution in [-0.2, 0) is 15.7 Å². The van der Waals surface area contributed by atoms with Gasteiger partial charge in [-0.25, -0.2) is 4.39 Å².